The number of carboxylic acid groups (broad SMARTS) is 1. The van der Waals surface area contributed by atoms with E-state index in [1.165, 1.54) is 0 Å². The summed E-state index contributed by atoms with van der Waals surface area (Å²) in [5.74, 6) is -2.11. The molecule has 2 fully saturated rings. The molecule has 39 heavy (non-hydrogen) atoms. The van der Waals surface area contributed by atoms with Gasteiger partial charge in [0, 0.05) is 0 Å². The highest BCUT2D eigenvalue weighted by molar-refractivity contribution is 7.89. The Morgan fingerprint density at radius 2 is 1.56 bits per heavy atom. The largest absolute Gasteiger partial charge is 0.726 e. The zero-order chi connectivity index (χ0) is 29.4. The molecule has 2 rings (SSSR count). The lowest BCUT2D eigenvalue weighted by atomic mass is 9.98. The summed E-state index contributed by atoms with van der Waals surface area (Å²) in [6.45, 7) is -1.78. The standard InChI is InChI=1S/C12H20O23S4/c13-5-3(2-26-38(19,20)21)27-4(1-25-36-34-32-17)7(5)28-12-10(31-39(22,23)24)8(30-37-35-33-18)6(14)9(29-12)11(15)16/h3-10,12-14,17-18H,1-2H2,(H,15,16)(H,19,20,21)(H,22,23,24)/p-3. The fraction of sp³-hybridized carbons (Fsp3) is 0.917. The predicted molar refractivity (Wildman–Crippen MR) is 103 cm³/mol. The van der Waals surface area contributed by atoms with Crippen molar-refractivity contribution in [2.24, 2.45) is 0 Å². The Kier molecular flexibility index (Phi) is 13.8. The van der Waals surface area contributed by atoms with Gasteiger partial charge in [0.2, 0.25) is 10.4 Å². The summed E-state index contributed by atoms with van der Waals surface area (Å²) in [5, 5.41) is 58.3. The molecule has 0 radical (unpaired) electrons. The number of carbonyl (C=O) groups excluding carboxylic acids is 1. The predicted octanol–water partition coefficient (Wildman–Crippen LogP) is -7.86. The molecule has 2 aliphatic heterocycles. The van der Waals surface area contributed by atoms with E-state index in [0.717, 1.165) is 0 Å². The number of rotatable bonds is 17. The molecule has 2 aliphatic rings. The summed E-state index contributed by atoms with van der Waals surface area (Å²) in [6, 6.07) is 0. The fourth-order valence-electron chi connectivity index (χ4n) is 3.24. The molecule has 9 unspecified atom stereocenters. The summed E-state index contributed by atoms with van der Waals surface area (Å²) < 4.78 is 104. The fourth-order valence-corrected chi connectivity index (χ4v) is 4.66. The molecule has 2 saturated heterocycles. The molecule has 27 heteroatoms. The minimum Gasteiger partial charge on any atom is -0.726 e. The van der Waals surface area contributed by atoms with Crippen LogP contribution >= 0.6 is 24.6 Å². The summed E-state index contributed by atoms with van der Waals surface area (Å²) in [6.07, 6.45) is -18.4. The van der Waals surface area contributed by atoms with Gasteiger partial charge < -0.3 is 53.9 Å². The van der Waals surface area contributed by atoms with Gasteiger partial charge in [-0.25, -0.2) is 8.42 Å². The zero-order valence-electron chi connectivity index (χ0n) is 18.3. The average Bonchev–Trinajstić information content (AvgIpc) is 3.11. The minimum absolute atomic E-state index is 0.0492. The van der Waals surface area contributed by atoms with Crippen LogP contribution in [-0.4, -0.2) is 110 Å². The van der Waals surface area contributed by atoms with Gasteiger partial charge in [0.1, 0.15) is 42.7 Å². The van der Waals surface area contributed by atoms with Gasteiger partial charge in [0.25, 0.3) is 0 Å². The molecule has 0 aliphatic carbocycles. The molecule has 0 aromatic rings. The normalized spacial score (nSPS) is 33.8. The number of aliphatic hydroxyl groups excluding tert-OH is 2. The van der Waals surface area contributed by atoms with E-state index in [1.54, 1.807) is 0 Å². The molecule has 0 aromatic carbocycles. The van der Waals surface area contributed by atoms with Crippen LogP contribution in [-0.2, 0) is 75.3 Å². The maximum absolute atomic E-state index is 11.5. The highest BCUT2D eigenvalue weighted by Crippen LogP contribution is 2.34. The van der Waals surface area contributed by atoms with Crippen LogP contribution in [0.4, 0.5) is 0 Å². The topological polar surface area (TPSA) is 342 Å². The second-order valence-electron chi connectivity index (χ2n) is 7.00. The van der Waals surface area contributed by atoms with Crippen molar-refractivity contribution in [3.63, 3.8) is 0 Å². The Labute approximate surface area is 226 Å². The number of aliphatic carboxylic acids is 1. The van der Waals surface area contributed by atoms with Crippen molar-refractivity contribution in [1.29, 1.82) is 0 Å². The highest BCUT2D eigenvalue weighted by atomic mass is 32.3. The van der Waals surface area contributed by atoms with Gasteiger partial charge in [-0.3, -0.25) is 22.6 Å². The molecule has 0 bridgehead atoms. The molecular formula is C12H17O23S4-3. The average molecular weight is 658 g/mol. The van der Waals surface area contributed by atoms with Crippen LogP contribution in [0.1, 0.15) is 0 Å². The monoisotopic (exact) mass is 657 g/mol. The lowest BCUT2D eigenvalue weighted by Gasteiger charge is -2.43. The van der Waals surface area contributed by atoms with Gasteiger partial charge >= 0.3 is 10.4 Å². The van der Waals surface area contributed by atoms with Crippen molar-refractivity contribution in [2.45, 2.75) is 55.1 Å². The number of hydrogen-bond acceptors (Lipinski definition) is 24. The number of hydrogen-bond donors (Lipinski definition) is 2. The van der Waals surface area contributed by atoms with Crippen LogP contribution < -0.4 is 15.6 Å². The summed E-state index contributed by atoms with van der Waals surface area (Å²) >= 11 is -0.378. The molecular weight excluding hydrogens is 640 g/mol. The molecule has 0 spiro atoms. The van der Waals surface area contributed by atoms with E-state index in [0.29, 0.717) is 0 Å². The van der Waals surface area contributed by atoms with Crippen molar-refractivity contribution < 1.29 is 106 Å². The quantitative estimate of drug-likeness (QED) is 0.0279. The van der Waals surface area contributed by atoms with E-state index in [-0.39, 0.29) is 24.6 Å². The van der Waals surface area contributed by atoms with E-state index in [1.807, 2.05) is 0 Å². The van der Waals surface area contributed by atoms with E-state index in [4.69, 9.17) is 27.1 Å². The van der Waals surface area contributed by atoms with E-state index >= 15 is 0 Å². The summed E-state index contributed by atoms with van der Waals surface area (Å²) in [7, 11) is -10.5. The first kappa shape index (κ1) is 34.6. The molecule has 4 N–H and O–H groups in total. The number of carboxylic acids is 1. The van der Waals surface area contributed by atoms with Gasteiger partial charge in [-0.15, -0.1) is 17.1 Å². The van der Waals surface area contributed by atoms with Crippen molar-refractivity contribution in [1.82, 2.24) is 0 Å². The van der Waals surface area contributed by atoms with Crippen LogP contribution in [0.25, 0.3) is 0 Å². The van der Waals surface area contributed by atoms with Crippen molar-refractivity contribution in [2.75, 3.05) is 13.2 Å². The number of aliphatic hydroxyl groups is 2. The third kappa shape index (κ3) is 11.0. The zero-order valence-corrected chi connectivity index (χ0v) is 21.6. The van der Waals surface area contributed by atoms with E-state index in [9.17, 15) is 52.0 Å². The van der Waals surface area contributed by atoms with Crippen molar-refractivity contribution >= 4 is 51.4 Å². The van der Waals surface area contributed by atoms with Gasteiger partial charge in [0.15, 0.2) is 37.0 Å². The van der Waals surface area contributed by atoms with Crippen molar-refractivity contribution in [3.05, 3.63) is 0 Å². The van der Waals surface area contributed by atoms with Crippen LogP contribution in [0.5, 0.6) is 0 Å². The maximum Gasteiger partial charge on any atom is 0.529 e. The lowest BCUT2D eigenvalue weighted by Crippen LogP contribution is -2.64. The van der Waals surface area contributed by atoms with Gasteiger partial charge in [-0.2, -0.15) is 4.18 Å². The Balaban J connectivity index is 2.36. The van der Waals surface area contributed by atoms with E-state index in [2.05, 4.69) is 27.1 Å². The lowest BCUT2D eigenvalue weighted by molar-refractivity contribution is -0.777. The molecule has 23 nitrogen and oxygen atoms in total. The third-order valence-corrected chi connectivity index (χ3v) is 6.29. The van der Waals surface area contributed by atoms with Crippen LogP contribution in [0, 0.1) is 0 Å². The highest BCUT2D eigenvalue weighted by Gasteiger charge is 2.54. The number of carbonyl (C=O) groups is 1. The summed E-state index contributed by atoms with van der Waals surface area (Å²) in [4.78, 5) is 11.5. The first-order valence-corrected chi connectivity index (χ1v) is 13.6. The maximum atomic E-state index is 11.5. The van der Waals surface area contributed by atoms with Crippen LogP contribution in [0.3, 0.4) is 0 Å². The van der Waals surface area contributed by atoms with Gasteiger partial charge in [0.05, 0.1) is 19.2 Å². The number of ether oxygens (including phenoxy) is 3. The molecule has 0 saturated carbocycles. The molecule has 9 atom stereocenters. The Bertz CT molecular complexity index is 976. The van der Waals surface area contributed by atoms with E-state index < -0.39 is 95.1 Å². The molecule has 230 valence electrons. The second kappa shape index (κ2) is 15.6. The third-order valence-electron chi connectivity index (χ3n) is 4.63. The Morgan fingerprint density at radius 3 is 2.13 bits per heavy atom. The van der Waals surface area contributed by atoms with Crippen LogP contribution in [0.2, 0.25) is 0 Å². The first-order valence-electron chi connectivity index (χ1n) is 9.53. The minimum atomic E-state index is -5.28. The molecule has 0 amide bonds. The van der Waals surface area contributed by atoms with Crippen LogP contribution in [0.15, 0.2) is 0 Å². The SMILES string of the molecule is O=C([O-])C1OC(OC2C(COSOO[O-])OC(COS(=O)(=O)[O-])C2O)C(OS(=O)(=O)[OH2+])C(OSOO[O-])C1O. The van der Waals surface area contributed by atoms with Crippen molar-refractivity contribution in [3.8, 4) is 0 Å². The van der Waals surface area contributed by atoms with Gasteiger partial charge in [-0.05, 0) is 0 Å². The first-order chi connectivity index (χ1) is 18.2. The van der Waals surface area contributed by atoms with Gasteiger partial charge in [-0.1, -0.05) is 0 Å². The summed E-state index contributed by atoms with van der Waals surface area (Å²) in [5.41, 5.74) is 0. The molecule has 0 aromatic heterocycles. The Hall–Kier alpha value is -0.610. The second-order valence-corrected chi connectivity index (χ2v) is 10.1. The Morgan fingerprint density at radius 1 is 0.923 bits per heavy atom. The smallest absolute Gasteiger partial charge is 0.529 e. The molecule has 2 heterocycles.